The normalized spacial score (nSPS) is 21.6. The molecule has 0 amide bonds. The van der Waals surface area contributed by atoms with Crippen LogP contribution < -0.4 is 10.2 Å². The summed E-state index contributed by atoms with van der Waals surface area (Å²) in [5.74, 6) is 0.721. The van der Waals surface area contributed by atoms with Gasteiger partial charge in [-0.15, -0.1) is 0 Å². The van der Waals surface area contributed by atoms with Crippen LogP contribution in [0.2, 0.25) is 0 Å². The lowest BCUT2D eigenvalue weighted by Gasteiger charge is -2.34. The number of rotatable bonds is 2. The molecular weight excluding hydrogens is 236 g/mol. The van der Waals surface area contributed by atoms with Gasteiger partial charge in [0.25, 0.3) is 0 Å². The zero-order valence-electron chi connectivity index (χ0n) is 11.8. The number of nitrogens with zero attached hydrogens (tertiary/aromatic N) is 1. The standard InChI is InChI=1S/C16H24N2O/c1-13-2-3-16(18-8-10-19-11-9-18)15(12-13)14-4-6-17-7-5-14/h2-3,12,14,17H,4-11H2,1H3. The molecule has 0 saturated carbocycles. The highest BCUT2D eigenvalue weighted by molar-refractivity contribution is 5.57. The first kappa shape index (κ1) is 12.9. The van der Waals surface area contributed by atoms with Crippen LogP contribution in [0.1, 0.15) is 29.9 Å². The Morgan fingerprint density at radius 1 is 1.16 bits per heavy atom. The Hall–Kier alpha value is -1.06. The van der Waals surface area contributed by atoms with E-state index >= 15 is 0 Å². The van der Waals surface area contributed by atoms with Crippen LogP contribution in [0.15, 0.2) is 18.2 Å². The van der Waals surface area contributed by atoms with Crippen molar-refractivity contribution in [3.63, 3.8) is 0 Å². The van der Waals surface area contributed by atoms with Gasteiger partial charge in [0.1, 0.15) is 0 Å². The first-order valence-corrected chi connectivity index (χ1v) is 7.48. The first-order chi connectivity index (χ1) is 9.34. The maximum absolute atomic E-state index is 5.48. The molecule has 0 aliphatic carbocycles. The van der Waals surface area contributed by atoms with Crippen molar-refractivity contribution < 1.29 is 4.74 Å². The molecule has 2 saturated heterocycles. The van der Waals surface area contributed by atoms with Gasteiger partial charge in [-0.25, -0.2) is 0 Å². The summed E-state index contributed by atoms with van der Waals surface area (Å²) in [4.78, 5) is 2.50. The van der Waals surface area contributed by atoms with Gasteiger partial charge in [-0.3, -0.25) is 0 Å². The number of benzene rings is 1. The summed E-state index contributed by atoms with van der Waals surface area (Å²) in [5, 5.41) is 3.46. The Bertz CT molecular complexity index is 421. The fraction of sp³-hybridized carbons (Fsp3) is 0.625. The highest BCUT2D eigenvalue weighted by atomic mass is 16.5. The topological polar surface area (TPSA) is 24.5 Å². The lowest BCUT2D eigenvalue weighted by Crippen LogP contribution is -2.37. The largest absolute Gasteiger partial charge is 0.378 e. The van der Waals surface area contributed by atoms with Gasteiger partial charge in [-0.05, 0) is 50.4 Å². The molecule has 3 rings (SSSR count). The zero-order chi connectivity index (χ0) is 13.1. The molecule has 3 nitrogen and oxygen atoms in total. The molecule has 3 heteroatoms. The van der Waals surface area contributed by atoms with E-state index in [1.165, 1.54) is 24.1 Å². The second-order valence-electron chi connectivity index (χ2n) is 5.69. The maximum atomic E-state index is 5.48. The molecule has 1 N–H and O–H groups in total. The molecule has 19 heavy (non-hydrogen) atoms. The number of anilines is 1. The Labute approximate surface area is 115 Å². The van der Waals surface area contributed by atoms with Gasteiger partial charge >= 0.3 is 0 Å². The number of morpholine rings is 1. The number of hydrogen-bond acceptors (Lipinski definition) is 3. The van der Waals surface area contributed by atoms with Gasteiger partial charge in [0.15, 0.2) is 0 Å². The molecule has 0 radical (unpaired) electrons. The van der Waals surface area contributed by atoms with Gasteiger partial charge < -0.3 is 15.0 Å². The summed E-state index contributed by atoms with van der Waals surface area (Å²) in [7, 11) is 0. The van der Waals surface area contributed by atoms with Gasteiger partial charge in [-0.2, -0.15) is 0 Å². The maximum Gasteiger partial charge on any atom is 0.0642 e. The molecule has 2 aliphatic rings. The molecule has 0 atom stereocenters. The van der Waals surface area contributed by atoms with E-state index in [4.69, 9.17) is 4.74 Å². The summed E-state index contributed by atoms with van der Waals surface area (Å²) in [6.45, 7) is 8.29. The first-order valence-electron chi connectivity index (χ1n) is 7.48. The quantitative estimate of drug-likeness (QED) is 0.883. The van der Waals surface area contributed by atoms with Crippen molar-refractivity contribution in [3.05, 3.63) is 29.3 Å². The zero-order valence-corrected chi connectivity index (χ0v) is 11.8. The van der Waals surface area contributed by atoms with Gasteiger partial charge in [0.2, 0.25) is 0 Å². The molecule has 0 unspecified atom stereocenters. The third-order valence-corrected chi connectivity index (χ3v) is 4.31. The second kappa shape index (κ2) is 5.93. The third-order valence-electron chi connectivity index (χ3n) is 4.31. The van der Waals surface area contributed by atoms with Crippen LogP contribution in [0.5, 0.6) is 0 Å². The van der Waals surface area contributed by atoms with Gasteiger partial charge in [-0.1, -0.05) is 17.7 Å². The van der Waals surface area contributed by atoms with Gasteiger partial charge in [0, 0.05) is 18.8 Å². The van der Waals surface area contributed by atoms with E-state index in [1.54, 1.807) is 5.56 Å². The molecule has 0 bridgehead atoms. The number of ether oxygens (including phenoxy) is 1. The lowest BCUT2D eigenvalue weighted by molar-refractivity contribution is 0.122. The average Bonchev–Trinajstić information content (AvgIpc) is 2.49. The summed E-state index contributed by atoms with van der Waals surface area (Å²) >= 11 is 0. The number of nitrogens with one attached hydrogen (secondary N) is 1. The highest BCUT2D eigenvalue weighted by Gasteiger charge is 2.22. The minimum atomic E-state index is 0.721. The van der Waals surface area contributed by atoms with Crippen LogP contribution in [0.3, 0.4) is 0 Å². The lowest BCUT2D eigenvalue weighted by atomic mass is 9.87. The highest BCUT2D eigenvalue weighted by Crippen LogP contribution is 2.34. The van der Waals surface area contributed by atoms with E-state index in [0.29, 0.717) is 0 Å². The van der Waals surface area contributed by atoms with Crippen LogP contribution in [0.25, 0.3) is 0 Å². The van der Waals surface area contributed by atoms with Crippen molar-refractivity contribution in [3.8, 4) is 0 Å². The summed E-state index contributed by atoms with van der Waals surface area (Å²) < 4.78 is 5.48. The molecule has 2 fully saturated rings. The smallest absolute Gasteiger partial charge is 0.0642 e. The Kier molecular flexibility index (Phi) is 4.04. The van der Waals surface area contributed by atoms with Crippen LogP contribution in [0, 0.1) is 6.92 Å². The van der Waals surface area contributed by atoms with Crippen molar-refractivity contribution >= 4 is 5.69 Å². The minimum absolute atomic E-state index is 0.721. The predicted molar refractivity (Wildman–Crippen MR) is 79.1 cm³/mol. The van der Waals surface area contributed by atoms with E-state index in [-0.39, 0.29) is 0 Å². The van der Waals surface area contributed by atoms with Crippen LogP contribution in [-0.4, -0.2) is 39.4 Å². The molecule has 1 aromatic rings. The van der Waals surface area contributed by atoms with Crippen molar-refractivity contribution in [2.24, 2.45) is 0 Å². The Balaban J connectivity index is 1.88. The molecule has 1 aromatic carbocycles. The Morgan fingerprint density at radius 3 is 2.63 bits per heavy atom. The fourth-order valence-electron chi connectivity index (χ4n) is 3.23. The van der Waals surface area contributed by atoms with Crippen molar-refractivity contribution in [2.45, 2.75) is 25.7 Å². The minimum Gasteiger partial charge on any atom is -0.378 e. The summed E-state index contributed by atoms with van der Waals surface area (Å²) in [6.07, 6.45) is 2.53. The van der Waals surface area contributed by atoms with E-state index in [1.807, 2.05) is 0 Å². The monoisotopic (exact) mass is 260 g/mol. The Morgan fingerprint density at radius 2 is 1.89 bits per heavy atom. The van der Waals surface area contributed by atoms with Crippen molar-refractivity contribution in [1.82, 2.24) is 5.32 Å². The molecular formula is C16H24N2O. The van der Waals surface area contributed by atoms with Crippen LogP contribution in [-0.2, 0) is 4.74 Å². The third kappa shape index (κ3) is 2.93. The van der Waals surface area contributed by atoms with Crippen molar-refractivity contribution in [2.75, 3.05) is 44.3 Å². The predicted octanol–water partition coefficient (Wildman–Crippen LogP) is 2.30. The number of hydrogen-bond donors (Lipinski definition) is 1. The van der Waals surface area contributed by atoms with E-state index in [2.05, 4.69) is 35.3 Å². The average molecular weight is 260 g/mol. The van der Waals surface area contributed by atoms with Crippen molar-refractivity contribution in [1.29, 1.82) is 0 Å². The van der Waals surface area contributed by atoms with Crippen LogP contribution >= 0.6 is 0 Å². The van der Waals surface area contributed by atoms with E-state index in [0.717, 1.165) is 45.3 Å². The summed E-state index contributed by atoms with van der Waals surface area (Å²) in [6, 6.07) is 6.97. The number of aryl methyl sites for hydroxylation is 1. The van der Waals surface area contributed by atoms with E-state index < -0.39 is 0 Å². The number of piperidine rings is 1. The van der Waals surface area contributed by atoms with Gasteiger partial charge in [0.05, 0.1) is 13.2 Å². The summed E-state index contributed by atoms with van der Waals surface area (Å²) in [5.41, 5.74) is 4.38. The second-order valence-corrected chi connectivity index (χ2v) is 5.69. The molecule has 2 heterocycles. The van der Waals surface area contributed by atoms with E-state index in [9.17, 15) is 0 Å². The fourth-order valence-corrected chi connectivity index (χ4v) is 3.23. The molecule has 0 spiro atoms. The molecule has 104 valence electrons. The SMILES string of the molecule is Cc1ccc(N2CCOCC2)c(C2CCNCC2)c1. The molecule has 0 aromatic heterocycles. The molecule has 2 aliphatic heterocycles. The van der Waals surface area contributed by atoms with Crippen LogP contribution in [0.4, 0.5) is 5.69 Å².